The second-order valence-electron chi connectivity index (χ2n) is 5.16. The lowest BCUT2D eigenvalue weighted by molar-refractivity contribution is 0.577. The number of hydrogen-bond donors (Lipinski definition) is 0. The molecule has 0 fully saturated rings. The highest BCUT2D eigenvalue weighted by Gasteiger charge is 2.19. The van der Waals surface area contributed by atoms with E-state index in [9.17, 15) is 8.42 Å². The molecule has 2 aromatic carbocycles. The summed E-state index contributed by atoms with van der Waals surface area (Å²) in [6.45, 7) is 3.87. The Bertz CT molecular complexity index is 913. The van der Waals surface area contributed by atoms with Crippen LogP contribution in [0.5, 0.6) is 0 Å². The van der Waals surface area contributed by atoms with Gasteiger partial charge in [0.2, 0.25) is 0 Å². The Balaban J connectivity index is 2.01. The van der Waals surface area contributed by atoms with Gasteiger partial charge in [0.25, 0.3) is 10.0 Å². The lowest BCUT2D eigenvalue weighted by Crippen LogP contribution is -2.13. The number of nitrogens with zero attached hydrogens (tertiary/aromatic N) is 3. The van der Waals surface area contributed by atoms with Gasteiger partial charge < -0.3 is 0 Å². The largest absolute Gasteiger partial charge is 0.284 e. The standard InChI is InChI=1S/C16H15N3O2S/c1-12-6-8-15(9-7-12)22(20,21)19-11-16(17-18-19)14-5-3-4-13(2)10-14/h3-11H,1-2H3. The molecule has 112 valence electrons. The van der Waals surface area contributed by atoms with Crippen molar-refractivity contribution < 1.29 is 8.42 Å². The zero-order valence-corrected chi connectivity index (χ0v) is 13.1. The first-order chi connectivity index (χ1) is 10.5. The molecule has 1 aromatic heterocycles. The zero-order valence-electron chi connectivity index (χ0n) is 12.3. The van der Waals surface area contributed by atoms with Crippen molar-refractivity contribution in [2.45, 2.75) is 18.7 Å². The summed E-state index contributed by atoms with van der Waals surface area (Å²) in [5, 5.41) is 7.74. The minimum absolute atomic E-state index is 0.193. The van der Waals surface area contributed by atoms with Gasteiger partial charge in [-0.15, -0.1) is 9.19 Å². The minimum Gasteiger partial charge on any atom is -0.199 e. The topological polar surface area (TPSA) is 64.8 Å². The van der Waals surface area contributed by atoms with Crippen LogP contribution in [0.4, 0.5) is 0 Å². The highest BCUT2D eigenvalue weighted by Crippen LogP contribution is 2.20. The van der Waals surface area contributed by atoms with Gasteiger partial charge in [-0.1, -0.05) is 46.7 Å². The van der Waals surface area contributed by atoms with Gasteiger partial charge in [-0.2, -0.15) is 8.42 Å². The molecular weight excluding hydrogens is 298 g/mol. The third-order valence-electron chi connectivity index (χ3n) is 3.35. The van der Waals surface area contributed by atoms with Crippen LogP contribution in [-0.2, 0) is 10.0 Å². The van der Waals surface area contributed by atoms with Crippen LogP contribution in [-0.4, -0.2) is 22.8 Å². The average Bonchev–Trinajstić information content (AvgIpc) is 2.98. The van der Waals surface area contributed by atoms with Crippen molar-refractivity contribution in [3.63, 3.8) is 0 Å². The van der Waals surface area contributed by atoms with Gasteiger partial charge in [0.15, 0.2) is 0 Å². The van der Waals surface area contributed by atoms with Crippen LogP contribution in [0.1, 0.15) is 11.1 Å². The Morgan fingerprint density at radius 1 is 0.955 bits per heavy atom. The fraction of sp³-hybridized carbons (Fsp3) is 0.125. The summed E-state index contributed by atoms with van der Waals surface area (Å²) in [4.78, 5) is 0.193. The van der Waals surface area contributed by atoms with E-state index in [2.05, 4.69) is 10.3 Å². The molecule has 0 spiro atoms. The van der Waals surface area contributed by atoms with E-state index in [1.54, 1.807) is 24.3 Å². The monoisotopic (exact) mass is 313 g/mol. The van der Waals surface area contributed by atoms with Crippen molar-refractivity contribution in [1.29, 1.82) is 0 Å². The molecular formula is C16H15N3O2S. The maximum Gasteiger partial charge on any atom is 0.284 e. The van der Waals surface area contributed by atoms with Gasteiger partial charge >= 0.3 is 0 Å². The molecule has 0 aliphatic rings. The molecule has 0 N–H and O–H groups in total. The van der Waals surface area contributed by atoms with Crippen molar-refractivity contribution >= 4 is 10.0 Å². The second-order valence-corrected chi connectivity index (χ2v) is 6.96. The van der Waals surface area contributed by atoms with E-state index in [0.717, 1.165) is 20.8 Å². The van der Waals surface area contributed by atoms with E-state index in [0.29, 0.717) is 5.69 Å². The van der Waals surface area contributed by atoms with Gasteiger partial charge in [0, 0.05) is 5.56 Å². The molecule has 3 rings (SSSR count). The molecule has 0 aliphatic heterocycles. The summed E-state index contributed by atoms with van der Waals surface area (Å²) in [6, 6.07) is 14.3. The summed E-state index contributed by atoms with van der Waals surface area (Å²) in [7, 11) is -3.71. The summed E-state index contributed by atoms with van der Waals surface area (Å²) in [5.74, 6) is 0. The van der Waals surface area contributed by atoms with Gasteiger partial charge in [-0.25, -0.2) is 0 Å². The lowest BCUT2D eigenvalue weighted by atomic mass is 10.1. The molecule has 0 bridgehead atoms. The molecule has 22 heavy (non-hydrogen) atoms. The van der Waals surface area contributed by atoms with Crippen LogP contribution >= 0.6 is 0 Å². The van der Waals surface area contributed by atoms with Gasteiger partial charge in [-0.05, 0) is 32.0 Å². The molecule has 0 amide bonds. The Morgan fingerprint density at radius 3 is 2.36 bits per heavy atom. The van der Waals surface area contributed by atoms with Crippen molar-refractivity contribution in [3.8, 4) is 11.3 Å². The van der Waals surface area contributed by atoms with E-state index in [1.165, 1.54) is 6.20 Å². The quantitative estimate of drug-likeness (QED) is 0.746. The van der Waals surface area contributed by atoms with Crippen LogP contribution in [0, 0.1) is 13.8 Å². The Kier molecular flexibility index (Phi) is 3.54. The summed E-state index contributed by atoms with van der Waals surface area (Å²) in [6.07, 6.45) is 1.43. The molecule has 0 unspecified atom stereocenters. The number of hydrogen-bond acceptors (Lipinski definition) is 4. The first-order valence-corrected chi connectivity index (χ1v) is 8.22. The van der Waals surface area contributed by atoms with E-state index in [-0.39, 0.29) is 4.90 Å². The van der Waals surface area contributed by atoms with E-state index < -0.39 is 10.0 Å². The highest BCUT2D eigenvalue weighted by atomic mass is 32.2. The van der Waals surface area contributed by atoms with Crippen LogP contribution < -0.4 is 0 Å². The number of aryl methyl sites for hydroxylation is 2. The maximum atomic E-state index is 12.5. The first kappa shape index (κ1) is 14.5. The molecule has 1 heterocycles. The van der Waals surface area contributed by atoms with Crippen molar-refractivity contribution in [3.05, 3.63) is 65.9 Å². The van der Waals surface area contributed by atoms with E-state index in [4.69, 9.17) is 0 Å². The fourth-order valence-corrected chi connectivity index (χ4v) is 3.19. The Morgan fingerprint density at radius 2 is 1.68 bits per heavy atom. The smallest absolute Gasteiger partial charge is 0.199 e. The predicted molar refractivity (Wildman–Crippen MR) is 84.0 cm³/mol. The van der Waals surface area contributed by atoms with Crippen molar-refractivity contribution in [2.24, 2.45) is 0 Å². The Hall–Kier alpha value is -2.47. The second kappa shape index (κ2) is 5.38. The van der Waals surface area contributed by atoms with Crippen LogP contribution in [0.3, 0.4) is 0 Å². The number of aromatic nitrogens is 3. The summed E-state index contributed by atoms with van der Waals surface area (Å²) >= 11 is 0. The number of benzene rings is 2. The molecule has 0 saturated heterocycles. The predicted octanol–water partition coefficient (Wildman–Crippen LogP) is 2.80. The average molecular weight is 313 g/mol. The van der Waals surface area contributed by atoms with Crippen molar-refractivity contribution in [2.75, 3.05) is 0 Å². The number of rotatable bonds is 3. The van der Waals surface area contributed by atoms with Gasteiger partial charge in [0.1, 0.15) is 5.69 Å². The summed E-state index contributed by atoms with van der Waals surface area (Å²) < 4.78 is 25.9. The first-order valence-electron chi connectivity index (χ1n) is 6.78. The van der Waals surface area contributed by atoms with Gasteiger partial charge in [0.05, 0.1) is 11.1 Å². The molecule has 0 aliphatic carbocycles. The van der Waals surface area contributed by atoms with Crippen LogP contribution in [0.25, 0.3) is 11.3 Å². The van der Waals surface area contributed by atoms with E-state index in [1.807, 2.05) is 38.1 Å². The zero-order chi connectivity index (χ0) is 15.7. The van der Waals surface area contributed by atoms with Crippen molar-refractivity contribution in [1.82, 2.24) is 14.4 Å². The highest BCUT2D eigenvalue weighted by molar-refractivity contribution is 7.89. The van der Waals surface area contributed by atoms with E-state index >= 15 is 0 Å². The van der Waals surface area contributed by atoms with Crippen LogP contribution in [0.15, 0.2) is 59.6 Å². The minimum atomic E-state index is -3.71. The molecule has 0 saturated carbocycles. The normalized spacial score (nSPS) is 11.5. The van der Waals surface area contributed by atoms with Gasteiger partial charge in [-0.3, -0.25) is 0 Å². The molecule has 5 nitrogen and oxygen atoms in total. The third kappa shape index (κ3) is 2.65. The lowest BCUT2D eigenvalue weighted by Gasteiger charge is -2.03. The molecule has 0 radical (unpaired) electrons. The molecule has 6 heteroatoms. The third-order valence-corrected chi connectivity index (χ3v) is 4.89. The fourth-order valence-electron chi connectivity index (χ4n) is 2.12. The maximum absolute atomic E-state index is 12.5. The molecule has 0 atom stereocenters. The Labute approximate surface area is 129 Å². The summed E-state index contributed by atoms with van der Waals surface area (Å²) in [5.41, 5.74) is 3.44. The molecule has 3 aromatic rings. The van der Waals surface area contributed by atoms with Crippen LogP contribution in [0.2, 0.25) is 0 Å². The SMILES string of the molecule is Cc1ccc(S(=O)(=O)n2cc(-c3cccc(C)c3)nn2)cc1.